The van der Waals surface area contributed by atoms with Gasteiger partial charge in [0.25, 0.3) is 0 Å². The fourth-order valence-electron chi connectivity index (χ4n) is 3.97. The third-order valence-electron chi connectivity index (χ3n) is 5.60. The van der Waals surface area contributed by atoms with E-state index in [1.165, 1.54) is 22.9 Å². The van der Waals surface area contributed by atoms with Gasteiger partial charge < -0.3 is 15.0 Å². The second kappa shape index (κ2) is 11.2. The molecule has 0 bridgehead atoms. The van der Waals surface area contributed by atoms with Gasteiger partial charge in [0.2, 0.25) is 0 Å². The maximum atomic E-state index is 13.8. The first kappa shape index (κ1) is 25.1. The normalized spacial score (nSPS) is 12.3. The monoisotopic (exact) mass is 518 g/mol. The van der Waals surface area contributed by atoms with Crippen molar-refractivity contribution in [2.24, 2.45) is 0 Å². The molecule has 1 unspecified atom stereocenters. The van der Waals surface area contributed by atoms with Gasteiger partial charge in [-0.2, -0.15) is 4.68 Å². The SMILES string of the molecule is CCCCCNC(c1c(C(=O)OCC)[nH]c2cc(Cl)ccc12)c1nnnn1-c1ccc(F)c(Cl)c1. The first-order valence-electron chi connectivity index (χ1n) is 11.4. The molecular formula is C24H25Cl2FN6O2. The van der Waals surface area contributed by atoms with E-state index in [0.29, 0.717) is 34.2 Å². The Hall–Kier alpha value is -3.01. The molecule has 35 heavy (non-hydrogen) atoms. The summed E-state index contributed by atoms with van der Waals surface area (Å²) < 4.78 is 20.6. The third kappa shape index (κ3) is 5.32. The number of fused-ring (bicyclic) bond motifs is 1. The summed E-state index contributed by atoms with van der Waals surface area (Å²) in [6.07, 6.45) is 3.00. The molecule has 4 rings (SSSR count). The number of benzene rings is 2. The minimum absolute atomic E-state index is 0.0506. The molecule has 4 aromatic rings. The van der Waals surface area contributed by atoms with Gasteiger partial charge in [-0.1, -0.05) is 49.0 Å². The Morgan fingerprint density at radius 3 is 2.77 bits per heavy atom. The van der Waals surface area contributed by atoms with Crippen LogP contribution in [0.2, 0.25) is 10.0 Å². The highest BCUT2D eigenvalue weighted by Gasteiger charge is 2.30. The van der Waals surface area contributed by atoms with Crippen LogP contribution >= 0.6 is 23.2 Å². The number of carbonyl (C=O) groups is 1. The summed E-state index contributed by atoms with van der Waals surface area (Å²) in [7, 11) is 0. The van der Waals surface area contributed by atoms with Gasteiger partial charge in [0.1, 0.15) is 11.5 Å². The fourth-order valence-corrected chi connectivity index (χ4v) is 4.32. The highest BCUT2D eigenvalue weighted by molar-refractivity contribution is 6.31. The second-order valence-electron chi connectivity index (χ2n) is 7.97. The quantitative estimate of drug-likeness (QED) is 0.208. The maximum Gasteiger partial charge on any atom is 0.355 e. The Balaban J connectivity index is 1.89. The Morgan fingerprint density at radius 2 is 2.03 bits per heavy atom. The van der Waals surface area contributed by atoms with Crippen LogP contribution in [0, 0.1) is 5.82 Å². The minimum Gasteiger partial charge on any atom is -0.461 e. The topological polar surface area (TPSA) is 97.7 Å². The summed E-state index contributed by atoms with van der Waals surface area (Å²) in [6.45, 7) is 4.74. The molecule has 1 atom stereocenters. The number of rotatable bonds is 10. The highest BCUT2D eigenvalue weighted by Crippen LogP contribution is 2.34. The van der Waals surface area contributed by atoms with E-state index < -0.39 is 17.8 Å². The number of H-pyrrole nitrogens is 1. The summed E-state index contributed by atoms with van der Waals surface area (Å²) in [4.78, 5) is 16.1. The van der Waals surface area contributed by atoms with Crippen LogP contribution in [-0.4, -0.2) is 44.3 Å². The molecular weight excluding hydrogens is 494 g/mol. The highest BCUT2D eigenvalue weighted by atomic mass is 35.5. The molecule has 0 amide bonds. The number of aromatic nitrogens is 5. The van der Waals surface area contributed by atoms with Crippen LogP contribution in [0.1, 0.15) is 61.0 Å². The zero-order valence-electron chi connectivity index (χ0n) is 19.3. The number of carbonyl (C=O) groups excluding carboxylic acids is 1. The Morgan fingerprint density at radius 1 is 1.20 bits per heavy atom. The van der Waals surface area contributed by atoms with Gasteiger partial charge in [0.05, 0.1) is 23.4 Å². The standard InChI is InChI=1S/C24H25Cl2FN6O2/c1-3-5-6-11-28-21(23-30-31-32-33(23)15-8-10-18(27)17(26)13-15)20-16-9-7-14(25)12-19(16)29-22(20)24(34)35-4-2/h7-10,12-13,21,28-29H,3-6,11H2,1-2H3. The largest absolute Gasteiger partial charge is 0.461 e. The maximum absolute atomic E-state index is 13.8. The molecule has 0 saturated heterocycles. The van der Waals surface area contributed by atoms with Gasteiger partial charge in [-0.25, -0.2) is 9.18 Å². The van der Waals surface area contributed by atoms with Crippen LogP contribution in [0.3, 0.4) is 0 Å². The first-order chi connectivity index (χ1) is 16.9. The summed E-state index contributed by atoms with van der Waals surface area (Å²) in [6, 6.07) is 9.00. The van der Waals surface area contributed by atoms with Gasteiger partial charge in [-0.3, -0.25) is 0 Å². The lowest BCUT2D eigenvalue weighted by Gasteiger charge is -2.20. The fraction of sp³-hybridized carbons (Fsp3) is 0.333. The molecule has 2 N–H and O–H groups in total. The molecule has 11 heteroatoms. The van der Waals surface area contributed by atoms with Crippen LogP contribution in [0.5, 0.6) is 0 Å². The number of halogens is 3. The van der Waals surface area contributed by atoms with Crippen LogP contribution < -0.4 is 5.32 Å². The number of hydrogen-bond acceptors (Lipinski definition) is 6. The Kier molecular flexibility index (Phi) is 8.00. The van der Waals surface area contributed by atoms with Gasteiger partial charge >= 0.3 is 5.97 Å². The zero-order valence-corrected chi connectivity index (χ0v) is 20.8. The van der Waals surface area contributed by atoms with E-state index in [9.17, 15) is 9.18 Å². The molecule has 2 aromatic heterocycles. The number of nitrogens with zero attached hydrogens (tertiary/aromatic N) is 4. The lowest BCUT2D eigenvalue weighted by atomic mass is 10.0. The third-order valence-corrected chi connectivity index (χ3v) is 6.12. The van der Waals surface area contributed by atoms with Crippen molar-refractivity contribution < 1.29 is 13.9 Å². The van der Waals surface area contributed by atoms with Crippen molar-refractivity contribution in [3.05, 3.63) is 69.3 Å². The summed E-state index contributed by atoms with van der Waals surface area (Å²) in [5, 5.41) is 17.0. The molecule has 2 heterocycles. The van der Waals surface area contributed by atoms with Crippen LogP contribution in [0.4, 0.5) is 4.39 Å². The number of nitrogens with one attached hydrogen (secondary N) is 2. The van der Waals surface area contributed by atoms with Gasteiger partial charge in [0.15, 0.2) is 5.82 Å². The van der Waals surface area contributed by atoms with Crippen molar-refractivity contribution in [2.75, 3.05) is 13.2 Å². The Labute approximate surface area is 211 Å². The van der Waals surface area contributed by atoms with Crippen molar-refractivity contribution in [1.82, 2.24) is 30.5 Å². The number of aromatic amines is 1. The molecule has 0 saturated carbocycles. The molecule has 8 nitrogen and oxygen atoms in total. The Bertz CT molecular complexity index is 1340. The summed E-state index contributed by atoms with van der Waals surface area (Å²) in [5.41, 5.74) is 2.08. The van der Waals surface area contributed by atoms with Gasteiger partial charge in [-0.15, -0.1) is 5.10 Å². The number of tetrazole rings is 1. The van der Waals surface area contributed by atoms with Crippen LogP contribution in [-0.2, 0) is 4.74 Å². The van der Waals surface area contributed by atoms with E-state index in [2.05, 4.69) is 32.7 Å². The molecule has 0 fully saturated rings. The van der Waals surface area contributed by atoms with E-state index in [-0.39, 0.29) is 17.3 Å². The molecule has 184 valence electrons. The van der Waals surface area contributed by atoms with Crippen molar-refractivity contribution >= 4 is 40.1 Å². The average molecular weight is 519 g/mol. The van der Waals surface area contributed by atoms with Crippen molar-refractivity contribution in [1.29, 1.82) is 0 Å². The van der Waals surface area contributed by atoms with Crippen molar-refractivity contribution in [3.63, 3.8) is 0 Å². The number of hydrogen-bond donors (Lipinski definition) is 2. The molecule has 2 aromatic carbocycles. The first-order valence-corrected chi connectivity index (χ1v) is 12.2. The molecule has 0 aliphatic rings. The second-order valence-corrected chi connectivity index (χ2v) is 8.81. The van der Waals surface area contributed by atoms with Crippen molar-refractivity contribution in [2.45, 2.75) is 39.2 Å². The van der Waals surface area contributed by atoms with E-state index >= 15 is 0 Å². The minimum atomic E-state index is -0.597. The molecule has 0 radical (unpaired) electrons. The van der Waals surface area contributed by atoms with E-state index in [4.69, 9.17) is 27.9 Å². The lowest BCUT2D eigenvalue weighted by molar-refractivity contribution is 0.0518. The average Bonchev–Trinajstić information content (AvgIpc) is 3.46. The zero-order chi connectivity index (χ0) is 24.9. The summed E-state index contributed by atoms with van der Waals surface area (Å²) in [5.74, 6) is -0.637. The lowest BCUT2D eigenvalue weighted by Crippen LogP contribution is -2.28. The van der Waals surface area contributed by atoms with E-state index in [1.54, 1.807) is 19.1 Å². The number of ether oxygens (including phenoxy) is 1. The molecule has 0 spiro atoms. The van der Waals surface area contributed by atoms with Gasteiger partial charge in [0, 0.05) is 21.5 Å². The summed E-state index contributed by atoms with van der Waals surface area (Å²) >= 11 is 12.2. The smallest absolute Gasteiger partial charge is 0.355 e. The van der Waals surface area contributed by atoms with Gasteiger partial charge in [-0.05, 0) is 60.6 Å². The molecule has 0 aliphatic heterocycles. The van der Waals surface area contributed by atoms with Crippen molar-refractivity contribution in [3.8, 4) is 5.69 Å². The predicted molar refractivity (Wildman–Crippen MR) is 133 cm³/mol. The predicted octanol–water partition coefficient (Wildman–Crippen LogP) is 5.64. The van der Waals surface area contributed by atoms with E-state index in [1.807, 2.05) is 6.07 Å². The van der Waals surface area contributed by atoms with E-state index in [0.717, 1.165) is 24.6 Å². The number of unbranched alkanes of at least 4 members (excludes halogenated alkanes) is 2. The van der Waals surface area contributed by atoms with Crippen LogP contribution in [0.15, 0.2) is 36.4 Å². The van der Waals surface area contributed by atoms with Crippen LogP contribution in [0.25, 0.3) is 16.6 Å². The molecule has 0 aliphatic carbocycles. The number of esters is 1.